The van der Waals surface area contributed by atoms with Crippen molar-refractivity contribution in [2.24, 2.45) is 0 Å². The van der Waals surface area contributed by atoms with Crippen molar-refractivity contribution in [3.63, 3.8) is 0 Å². The van der Waals surface area contributed by atoms with E-state index in [2.05, 4.69) is 15.1 Å². The molecule has 2 N–H and O–H groups in total. The molecule has 0 aliphatic heterocycles. The number of hydrogen-bond donors (Lipinski definition) is 1. The lowest BCUT2D eigenvalue weighted by Crippen LogP contribution is -1.94. The summed E-state index contributed by atoms with van der Waals surface area (Å²) in [5.41, 5.74) is 9.04. The van der Waals surface area contributed by atoms with E-state index >= 15 is 0 Å². The Balaban J connectivity index is 2.26. The molecule has 0 atom stereocenters. The highest BCUT2D eigenvalue weighted by Crippen LogP contribution is 2.22. The Morgan fingerprint density at radius 1 is 1.12 bits per heavy atom. The lowest BCUT2D eigenvalue weighted by molar-refractivity contribution is 0.942. The van der Waals surface area contributed by atoms with Crippen LogP contribution in [0.1, 0.15) is 0 Å². The summed E-state index contributed by atoms with van der Waals surface area (Å²) < 4.78 is 1.67. The predicted octanol–water partition coefficient (Wildman–Crippen LogP) is 1.37. The Morgan fingerprint density at radius 3 is 2.75 bits per heavy atom. The SMILES string of the molecule is Nc1cnc2c(-c3ccncc3)cnn2c1. The molecule has 0 bridgehead atoms. The van der Waals surface area contributed by atoms with E-state index in [1.807, 2.05) is 12.1 Å². The van der Waals surface area contributed by atoms with Crippen LogP contribution in [-0.2, 0) is 0 Å². The van der Waals surface area contributed by atoms with Crippen molar-refractivity contribution in [2.45, 2.75) is 0 Å². The Morgan fingerprint density at radius 2 is 1.94 bits per heavy atom. The third-order valence-corrected chi connectivity index (χ3v) is 2.37. The fourth-order valence-corrected chi connectivity index (χ4v) is 1.62. The quantitative estimate of drug-likeness (QED) is 0.660. The first-order valence-electron chi connectivity index (χ1n) is 4.84. The maximum atomic E-state index is 5.64. The van der Waals surface area contributed by atoms with Crippen LogP contribution in [0.5, 0.6) is 0 Å². The van der Waals surface area contributed by atoms with Gasteiger partial charge >= 0.3 is 0 Å². The van der Waals surface area contributed by atoms with Crippen LogP contribution in [0, 0.1) is 0 Å². The van der Waals surface area contributed by atoms with Gasteiger partial charge in [0.2, 0.25) is 0 Å². The molecule has 5 heteroatoms. The molecule has 0 aliphatic carbocycles. The molecule has 0 saturated heterocycles. The van der Waals surface area contributed by atoms with Crippen molar-refractivity contribution in [2.75, 3.05) is 5.73 Å². The Bertz CT molecular complexity index is 629. The van der Waals surface area contributed by atoms with E-state index in [-0.39, 0.29) is 0 Å². The normalized spacial score (nSPS) is 10.8. The molecule has 0 unspecified atom stereocenters. The van der Waals surface area contributed by atoms with Crippen LogP contribution in [0.2, 0.25) is 0 Å². The van der Waals surface area contributed by atoms with Crippen molar-refractivity contribution in [1.29, 1.82) is 0 Å². The van der Waals surface area contributed by atoms with Gasteiger partial charge in [0.25, 0.3) is 0 Å². The molecule has 0 aromatic carbocycles. The van der Waals surface area contributed by atoms with E-state index in [4.69, 9.17) is 5.73 Å². The molecule has 5 nitrogen and oxygen atoms in total. The zero-order valence-corrected chi connectivity index (χ0v) is 8.41. The molecule has 78 valence electrons. The second-order valence-corrected chi connectivity index (χ2v) is 3.45. The molecule has 0 aliphatic rings. The summed E-state index contributed by atoms with van der Waals surface area (Å²) >= 11 is 0. The van der Waals surface area contributed by atoms with Crippen LogP contribution >= 0.6 is 0 Å². The number of anilines is 1. The molecule has 3 aromatic heterocycles. The topological polar surface area (TPSA) is 69.1 Å². The molecule has 3 aromatic rings. The molecular weight excluding hydrogens is 202 g/mol. The lowest BCUT2D eigenvalue weighted by atomic mass is 10.1. The minimum Gasteiger partial charge on any atom is -0.396 e. The van der Waals surface area contributed by atoms with Gasteiger partial charge in [-0.2, -0.15) is 5.10 Å². The maximum Gasteiger partial charge on any atom is 0.162 e. The van der Waals surface area contributed by atoms with Gasteiger partial charge in [0, 0.05) is 18.0 Å². The van der Waals surface area contributed by atoms with E-state index in [1.165, 1.54) is 0 Å². The highest BCUT2D eigenvalue weighted by atomic mass is 15.2. The van der Waals surface area contributed by atoms with Gasteiger partial charge in [-0.15, -0.1) is 0 Å². The van der Waals surface area contributed by atoms with Gasteiger partial charge in [-0.25, -0.2) is 9.50 Å². The smallest absolute Gasteiger partial charge is 0.162 e. The number of hydrogen-bond acceptors (Lipinski definition) is 4. The van der Waals surface area contributed by atoms with Crippen molar-refractivity contribution >= 4 is 11.3 Å². The summed E-state index contributed by atoms with van der Waals surface area (Å²) in [5.74, 6) is 0. The summed E-state index contributed by atoms with van der Waals surface area (Å²) in [6, 6.07) is 3.85. The van der Waals surface area contributed by atoms with Gasteiger partial charge in [0.15, 0.2) is 5.65 Å². The van der Waals surface area contributed by atoms with Gasteiger partial charge in [-0.05, 0) is 17.7 Å². The maximum absolute atomic E-state index is 5.64. The molecule has 0 fully saturated rings. The van der Waals surface area contributed by atoms with E-state index in [1.54, 1.807) is 35.5 Å². The van der Waals surface area contributed by atoms with Crippen molar-refractivity contribution < 1.29 is 0 Å². The van der Waals surface area contributed by atoms with Crippen molar-refractivity contribution in [1.82, 2.24) is 19.6 Å². The number of nitrogen functional groups attached to an aromatic ring is 1. The molecule has 0 radical (unpaired) electrons. The number of fused-ring (bicyclic) bond motifs is 1. The van der Waals surface area contributed by atoms with Gasteiger partial charge < -0.3 is 5.73 Å². The molecule has 16 heavy (non-hydrogen) atoms. The Hall–Kier alpha value is -2.43. The van der Waals surface area contributed by atoms with E-state index in [9.17, 15) is 0 Å². The van der Waals surface area contributed by atoms with Gasteiger partial charge in [0.05, 0.1) is 24.3 Å². The fourth-order valence-electron chi connectivity index (χ4n) is 1.62. The van der Waals surface area contributed by atoms with Crippen LogP contribution in [0.3, 0.4) is 0 Å². The summed E-state index contributed by atoms with van der Waals surface area (Å²) in [4.78, 5) is 8.25. The number of pyridine rings is 1. The highest BCUT2D eigenvalue weighted by molar-refractivity contribution is 5.76. The van der Waals surface area contributed by atoms with Crippen LogP contribution < -0.4 is 5.73 Å². The summed E-state index contributed by atoms with van der Waals surface area (Å²) in [6.07, 6.45) is 8.64. The fraction of sp³-hybridized carbons (Fsp3) is 0. The summed E-state index contributed by atoms with van der Waals surface area (Å²) in [6.45, 7) is 0. The lowest BCUT2D eigenvalue weighted by Gasteiger charge is -1.98. The number of rotatable bonds is 1. The number of nitrogens with two attached hydrogens (primary N) is 1. The minimum atomic E-state index is 0.594. The second-order valence-electron chi connectivity index (χ2n) is 3.45. The predicted molar refractivity (Wildman–Crippen MR) is 60.6 cm³/mol. The van der Waals surface area contributed by atoms with Gasteiger partial charge in [0.1, 0.15) is 0 Å². The van der Waals surface area contributed by atoms with E-state index in [0.29, 0.717) is 5.69 Å². The van der Waals surface area contributed by atoms with Crippen LogP contribution in [-0.4, -0.2) is 19.6 Å². The molecule has 0 amide bonds. The molecule has 3 heterocycles. The first-order chi connectivity index (χ1) is 7.84. The molecule has 0 saturated carbocycles. The standard InChI is InChI=1S/C11H9N5/c12-9-5-14-11-10(6-15-16(11)7-9)8-1-3-13-4-2-8/h1-7H,12H2. The average molecular weight is 211 g/mol. The van der Waals surface area contributed by atoms with Crippen molar-refractivity contribution in [3.8, 4) is 11.1 Å². The monoisotopic (exact) mass is 211 g/mol. The van der Waals surface area contributed by atoms with E-state index in [0.717, 1.165) is 16.8 Å². The largest absolute Gasteiger partial charge is 0.396 e. The molecule has 0 spiro atoms. The summed E-state index contributed by atoms with van der Waals surface area (Å²) in [7, 11) is 0. The zero-order chi connectivity index (χ0) is 11.0. The second kappa shape index (κ2) is 3.30. The van der Waals surface area contributed by atoms with Crippen LogP contribution in [0.4, 0.5) is 5.69 Å². The third-order valence-electron chi connectivity index (χ3n) is 2.37. The van der Waals surface area contributed by atoms with Gasteiger partial charge in [-0.1, -0.05) is 0 Å². The molecular formula is C11H9N5. The number of nitrogens with zero attached hydrogens (tertiary/aromatic N) is 4. The van der Waals surface area contributed by atoms with Crippen LogP contribution in [0.15, 0.2) is 43.1 Å². The van der Waals surface area contributed by atoms with E-state index < -0.39 is 0 Å². The highest BCUT2D eigenvalue weighted by Gasteiger charge is 2.07. The number of aromatic nitrogens is 4. The Labute approximate surface area is 91.6 Å². The molecule has 3 rings (SSSR count). The third kappa shape index (κ3) is 1.30. The van der Waals surface area contributed by atoms with Crippen LogP contribution in [0.25, 0.3) is 16.8 Å². The first kappa shape index (κ1) is 8.84. The summed E-state index contributed by atoms with van der Waals surface area (Å²) in [5, 5.41) is 4.21. The van der Waals surface area contributed by atoms with Crippen molar-refractivity contribution in [3.05, 3.63) is 43.1 Å². The first-order valence-corrected chi connectivity index (χ1v) is 4.84. The average Bonchev–Trinajstić information content (AvgIpc) is 2.73. The van der Waals surface area contributed by atoms with Gasteiger partial charge in [-0.3, -0.25) is 4.98 Å². The zero-order valence-electron chi connectivity index (χ0n) is 8.41. The Kier molecular flexibility index (Phi) is 1.83. The minimum absolute atomic E-state index is 0.594.